The van der Waals surface area contributed by atoms with Crippen LogP contribution in [0.15, 0.2) is 60.0 Å². The first-order valence-corrected chi connectivity index (χ1v) is 11.4. The lowest BCUT2D eigenvalue weighted by Gasteiger charge is -2.24. The normalized spacial score (nSPS) is 13.1. The summed E-state index contributed by atoms with van der Waals surface area (Å²) in [4.78, 5) is 13.8. The van der Waals surface area contributed by atoms with Crippen molar-refractivity contribution in [3.63, 3.8) is 0 Å². The van der Waals surface area contributed by atoms with Crippen LogP contribution in [-0.4, -0.2) is 11.5 Å². The van der Waals surface area contributed by atoms with Crippen molar-refractivity contribution in [1.29, 1.82) is 0 Å². The van der Waals surface area contributed by atoms with Gasteiger partial charge in [0.25, 0.3) is 5.91 Å². The van der Waals surface area contributed by atoms with Gasteiger partial charge in [-0.05, 0) is 73.0 Å². The molecule has 0 fully saturated rings. The molecule has 0 bridgehead atoms. The van der Waals surface area contributed by atoms with Crippen molar-refractivity contribution in [3.05, 3.63) is 71.1 Å². The van der Waals surface area contributed by atoms with Gasteiger partial charge in [-0.25, -0.2) is 4.57 Å². The lowest BCUT2D eigenvalue weighted by Crippen LogP contribution is -2.24. The summed E-state index contributed by atoms with van der Waals surface area (Å²) >= 11 is 1.64. The zero-order chi connectivity index (χ0) is 21.6. The van der Waals surface area contributed by atoms with Crippen molar-refractivity contribution in [2.45, 2.75) is 38.7 Å². The Morgan fingerprint density at radius 1 is 1.20 bits per heavy atom. The summed E-state index contributed by atoms with van der Waals surface area (Å²) in [5.74, 6) is -0.205. The predicted molar refractivity (Wildman–Crippen MR) is 124 cm³/mol. The number of nitrogens with two attached hydrogens (primary N) is 1. The maximum atomic E-state index is 12.7. The van der Waals surface area contributed by atoms with Crippen LogP contribution in [0.2, 0.25) is 0 Å². The van der Waals surface area contributed by atoms with E-state index in [0.29, 0.717) is 16.9 Å². The largest absolute Gasteiger partial charge is 0.397 e. The molecule has 7 heteroatoms. The average molecular weight is 441 g/mol. The quantitative estimate of drug-likeness (QED) is 0.291. The second kappa shape index (κ2) is 9.98. The summed E-state index contributed by atoms with van der Waals surface area (Å²) in [5, 5.41) is 4.93. The minimum absolute atomic E-state index is 0.205. The van der Waals surface area contributed by atoms with Crippen LogP contribution in [0.25, 0.3) is 10.4 Å². The van der Waals surface area contributed by atoms with Gasteiger partial charge in [0.05, 0.1) is 17.0 Å². The molecule has 1 amide bonds. The Morgan fingerprint density at radius 3 is 2.60 bits per heavy atom. The van der Waals surface area contributed by atoms with Gasteiger partial charge < -0.3 is 11.1 Å². The van der Waals surface area contributed by atoms with Crippen LogP contribution >= 0.6 is 20.0 Å². The summed E-state index contributed by atoms with van der Waals surface area (Å²) in [6.45, 7) is 3.96. The number of benzene rings is 2. The number of rotatable bonds is 9. The molecule has 156 valence electrons. The summed E-state index contributed by atoms with van der Waals surface area (Å²) in [6, 6.07) is 17.2. The van der Waals surface area contributed by atoms with E-state index >= 15 is 0 Å². The van der Waals surface area contributed by atoms with Gasteiger partial charge in [-0.3, -0.25) is 9.32 Å². The van der Waals surface area contributed by atoms with E-state index in [9.17, 15) is 9.36 Å². The van der Waals surface area contributed by atoms with E-state index in [1.165, 1.54) is 0 Å². The minimum Gasteiger partial charge on any atom is -0.397 e. The Kier molecular flexibility index (Phi) is 7.38. The van der Waals surface area contributed by atoms with Crippen LogP contribution < -0.4 is 11.1 Å². The van der Waals surface area contributed by atoms with Gasteiger partial charge in [-0.2, -0.15) is 0 Å². The van der Waals surface area contributed by atoms with Gasteiger partial charge in [-0.1, -0.05) is 31.2 Å². The van der Waals surface area contributed by atoms with E-state index in [4.69, 9.17) is 10.3 Å². The molecule has 1 unspecified atom stereocenters. The summed E-state index contributed by atoms with van der Waals surface area (Å²) in [5.41, 5.74) is 9.44. The minimum atomic E-state index is -0.426. The van der Waals surface area contributed by atoms with Crippen molar-refractivity contribution < 1.29 is 13.9 Å². The lowest BCUT2D eigenvalue weighted by atomic mass is 9.94. The number of amides is 1. The van der Waals surface area contributed by atoms with Gasteiger partial charge in [0.1, 0.15) is 0 Å². The molecule has 1 atom stereocenters. The van der Waals surface area contributed by atoms with E-state index in [2.05, 4.69) is 5.32 Å². The number of hydrogen-bond donors (Lipinski definition) is 2. The number of anilines is 2. The molecule has 0 aliphatic carbocycles. The lowest BCUT2D eigenvalue weighted by molar-refractivity contribution is 0.0913. The third kappa shape index (κ3) is 5.54. The first-order chi connectivity index (χ1) is 14.4. The van der Waals surface area contributed by atoms with E-state index in [-0.39, 0.29) is 14.6 Å². The molecular weight excluding hydrogens is 415 g/mol. The molecular formula is C23H25N2O3PS. The Bertz CT molecular complexity index is 1010. The zero-order valence-corrected chi connectivity index (χ0v) is 18.8. The number of carbonyl (C=O) groups excluding carboxylic acids is 1. The SMILES string of the molecule is CCC(C)(CCc1ccc(C(=O)Nc2cc(-c3cccs3)ccc2N)cc1)OP=O. The number of aryl methyl sites for hydroxylation is 1. The molecule has 1 heterocycles. The third-order valence-electron chi connectivity index (χ3n) is 5.27. The third-order valence-corrected chi connectivity index (χ3v) is 6.71. The fourth-order valence-corrected chi connectivity index (χ4v) is 4.19. The molecule has 0 aliphatic heterocycles. The Balaban J connectivity index is 1.67. The molecule has 0 saturated carbocycles. The Hall–Kier alpha value is -2.53. The number of thiophene rings is 1. The second-order valence-corrected chi connectivity index (χ2v) is 8.68. The number of nitrogen functional groups attached to an aromatic ring is 1. The van der Waals surface area contributed by atoms with Gasteiger partial charge >= 0.3 is 8.69 Å². The smallest absolute Gasteiger partial charge is 0.327 e. The van der Waals surface area contributed by atoms with Crippen molar-refractivity contribution in [2.24, 2.45) is 0 Å². The van der Waals surface area contributed by atoms with Crippen LogP contribution in [-0.2, 0) is 15.5 Å². The molecule has 3 aromatic rings. The van der Waals surface area contributed by atoms with Crippen molar-refractivity contribution >= 4 is 37.3 Å². The maximum absolute atomic E-state index is 12.7. The number of nitrogens with one attached hydrogen (secondary N) is 1. The summed E-state index contributed by atoms with van der Waals surface area (Å²) < 4.78 is 16.1. The summed E-state index contributed by atoms with van der Waals surface area (Å²) in [6.07, 6.45) is 2.29. The molecule has 3 rings (SSSR count). The summed E-state index contributed by atoms with van der Waals surface area (Å²) in [7, 11) is -0.297. The molecule has 3 N–H and O–H groups in total. The van der Waals surface area contributed by atoms with E-state index in [0.717, 1.165) is 35.3 Å². The Morgan fingerprint density at radius 2 is 1.97 bits per heavy atom. The predicted octanol–water partition coefficient (Wildman–Crippen LogP) is 6.57. The average Bonchev–Trinajstić information content (AvgIpc) is 3.29. The number of hydrogen-bond acceptors (Lipinski definition) is 5. The first kappa shape index (κ1) is 22.2. The first-order valence-electron chi connectivity index (χ1n) is 9.78. The molecule has 30 heavy (non-hydrogen) atoms. The van der Waals surface area contributed by atoms with Gasteiger partial charge in [0.15, 0.2) is 0 Å². The highest BCUT2D eigenvalue weighted by molar-refractivity contribution is 7.17. The van der Waals surface area contributed by atoms with Crippen molar-refractivity contribution in [3.8, 4) is 10.4 Å². The molecule has 1 aromatic heterocycles. The second-order valence-electron chi connectivity index (χ2n) is 7.40. The molecule has 0 radical (unpaired) electrons. The van der Waals surface area contributed by atoms with Gasteiger partial charge in [-0.15, -0.1) is 11.3 Å². The topological polar surface area (TPSA) is 81.4 Å². The van der Waals surface area contributed by atoms with E-state index < -0.39 is 5.60 Å². The van der Waals surface area contributed by atoms with Crippen LogP contribution in [0.1, 0.15) is 42.6 Å². The van der Waals surface area contributed by atoms with Crippen LogP contribution in [0.3, 0.4) is 0 Å². The standard InChI is InChI=1S/C23H25N2O3PS/c1-3-23(2,28-29-27)13-12-16-6-8-17(9-7-16)22(26)25-20-15-18(10-11-19(20)24)21-5-4-14-30-21/h4-11,14-15H,3,12-13,24H2,1-2H3,(H,25,26). The number of carbonyl (C=O) groups is 1. The van der Waals surface area contributed by atoms with Crippen LogP contribution in [0, 0.1) is 0 Å². The molecule has 0 spiro atoms. The molecule has 2 aromatic carbocycles. The van der Waals surface area contributed by atoms with E-state index in [1.807, 2.05) is 61.7 Å². The maximum Gasteiger partial charge on any atom is 0.327 e. The van der Waals surface area contributed by atoms with Crippen LogP contribution in [0.4, 0.5) is 11.4 Å². The Labute approximate surface area is 182 Å². The fourth-order valence-electron chi connectivity index (χ4n) is 3.06. The highest BCUT2D eigenvalue weighted by Crippen LogP contribution is 2.30. The van der Waals surface area contributed by atoms with Crippen LogP contribution in [0.5, 0.6) is 0 Å². The monoisotopic (exact) mass is 440 g/mol. The zero-order valence-electron chi connectivity index (χ0n) is 17.1. The van der Waals surface area contributed by atoms with E-state index in [1.54, 1.807) is 23.5 Å². The van der Waals surface area contributed by atoms with Gasteiger partial charge in [0.2, 0.25) is 0 Å². The highest BCUT2D eigenvalue weighted by atomic mass is 32.1. The van der Waals surface area contributed by atoms with Crippen molar-refractivity contribution in [2.75, 3.05) is 11.1 Å². The molecule has 5 nitrogen and oxygen atoms in total. The molecule has 0 saturated heterocycles. The highest BCUT2D eigenvalue weighted by Gasteiger charge is 2.23. The van der Waals surface area contributed by atoms with Crippen molar-refractivity contribution in [1.82, 2.24) is 0 Å². The fraction of sp³-hybridized carbons (Fsp3) is 0.261. The molecule has 0 aliphatic rings. The van der Waals surface area contributed by atoms with Gasteiger partial charge in [0, 0.05) is 10.4 Å².